The normalized spacial score (nSPS) is 24.9. The number of urea groups is 1. The highest BCUT2D eigenvalue weighted by Gasteiger charge is 2.27. The van der Waals surface area contributed by atoms with Gasteiger partial charge in [0.1, 0.15) is 0 Å². The van der Waals surface area contributed by atoms with Crippen molar-refractivity contribution in [3.63, 3.8) is 0 Å². The Labute approximate surface area is 114 Å². The molecular weight excluding hydrogens is 268 g/mol. The van der Waals surface area contributed by atoms with E-state index in [0.29, 0.717) is 19.1 Å². The molecule has 1 unspecified atom stereocenters. The molecule has 2 amide bonds. The summed E-state index contributed by atoms with van der Waals surface area (Å²) in [7, 11) is -3.64. The van der Waals surface area contributed by atoms with E-state index in [-0.39, 0.29) is 11.9 Å². The molecule has 1 heterocycles. The molecule has 7 nitrogen and oxygen atoms in total. The van der Waals surface area contributed by atoms with Crippen LogP contribution in [-0.4, -0.2) is 45.0 Å². The molecule has 8 heteroatoms. The summed E-state index contributed by atoms with van der Waals surface area (Å²) in [5.41, 5.74) is 0. The van der Waals surface area contributed by atoms with Gasteiger partial charge >= 0.3 is 6.03 Å². The Kier molecular flexibility index (Phi) is 4.64. The Morgan fingerprint density at radius 3 is 2.58 bits per heavy atom. The van der Waals surface area contributed by atoms with Gasteiger partial charge in [-0.1, -0.05) is 0 Å². The van der Waals surface area contributed by atoms with Gasteiger partial charge in [-0.3, -0.25) is 0 Å². The number of carbonyl (C=O) groups is 1. The predicted octanol–water partition coefficient (Wildman–Crippen LogP) is -0.246. The van der Waals surface area contributed by atoms with Crippen LogP contribution in [0.1, 0.15) is 32.1 Å². The molecule has 0 aromatic heterocycles. The number of amides is 2. The van der Waals surface area contributed by atoms with Crippen LogP contribution in [0.4, 0.5) is 4.79 Å². The fraction of sp³-hybridized carbons (Fsp3) is 0.909. The summed E-state index contributed by atoms with van der Waals surface area (Å²) in [6.45, 7) is 1.62. The monoisotopic (exact) mass is 290 g/mol. The molecule has 19 heavy (non-hydrogen) atoms. The largest absolute Gasteiger partial charge is 0.335 e. The number of rotatable bonds is 4. The molecule has 0 aromatic carbocycles. The average molecular weight is 290 g/mol. The minimum absolute atomic E-state index is 0.0231. The number of hydrogen-bond donors (Lipinski definition) is 3. The molecule has 1 aliphatic carbocycles. The zero-order chi connectivity index (χ0) is 13.9. The molecule has 1 saturated carbocycles. The van der Waals surface area contributed by atoms with Gasteiger partial charge in [0.2, 0.25) is 0 Å². The highest BCUT2D eigenvalue weighted by atomic mass is 32.2. The van der Waals surface area contributed by atoms with Crippen molar-refractivity contribution >= 4 is 16.2 Å². The van der Waals surface area contributed by atoms with Gasteiger partial charge in [0.25, 0.3) is 10.2 Å². The summed E-state index contributed by atoms with van der Waals surface area (Å²) < 4.78 is 24.0. The SMILES string of the molecule is NS(=O)(=O)NCC1CCCN(C(=O)NC2CCC2)C1. The maximum atomic E-state index is 12.0. The average Bonchev–Trinajstić information content (AvgIpc) is 2.30. The second-order valence-electron chi connectivity index (χ2n) is 5.43. The summed E-state index contributed by atoms with van der Waals surface area (Å²) in [5, 5.41) is 7.91. The molecule has 0 radical (unpaired) electrons. The van der Waals surface area contributed by atoms with Crippen molar-refractivity contribution in [1.29, 1.82) is 0 Å². The van der Waals surface area contributed by atoms with Gasteiger partial charge in [0.15, 0.2) is 0 Å². The molecular formula is C11H22N4O3S. The van der Waals surface area contributed by atoms with E-state index in [0.717, 1.165) is 32.2 Å². The van der Waals surface area contributed by atoms with Crippen molar-refractivity contribution in [2.75, 3.05) is 19.6 Å². The van der Waals surface area contributed by atoms with E-state index in [1.165, 1.54) is 6.42 Å². The van der Waals surface area contributed by atoms with Gasteiger partial charge in [-0.15, -0.1) is 0 Å². The van der Waals surface area contributed by atoms with Crippen LogP contribution in [-0.2, 0) is 10.2 Å². The van der Waals surface area contributed by atoms with Crippen molar-refractivity contribution in [3.8, 4) is 0 Å². The lowest BCUT2D eigenvalue weighted by Crippen LogP contribution is -2.51. The van der Waals surface area contributed by atoms with Crippen LogP contribution in [0.5, 0.6) is 0 Å². The van der Waals surface area contributed by atoms with Gasteiger partial charge in [-0.05, 0) is 38.0 Å². The maximum Gasteiger partial charge on any atom is 0.317 e. The van der Waals surface area contributed by atoms with E-state index in [1.54, 1.807) is 4.90 Å². The number of nitrogens with two attached hydrogens (primary N) is 1. The fourth-order valence-corrected chi connectivity index (χ4v) is 2.94. The van der Waals surface area contributed by atoms with E-state index in [2.05, 4.69) is 10.0 Å². The van der Waals surface area contributed by atoms with E-state index in [1.807, 2.05) is 0 Å². The molecule has 1 saturated heterocycles. The lowest BCUT2D eigenvalue weighted by molar-refractivity contribution is 0.157. The van der Waals surface area contributed by atoms with Gasteiger partial charge in [-0.2, -0.15) is 8.42 Å². The molecule has 2 aliphatic rings. The Morgan fingerprint density at radius 1 is 1.26 bits per heavy atom. The van der Waals surface area contributed by atoms with Crippen LogP contribution in [0.25, 0.3) is 0 Å². The quantitative estimate of drug-likeness (QED) is 0.665. The van der Waals surface area contributed by atoms with Gasteiger partial charge < -0.3 is 10.2 Å². The molecule has 0 spiro atoms. The Hall–Kier alpha value is -0.860. The first-order valence-corrected chi connectivity index (χ1v) is 8.31. The van der Waals surface area contributed by atoms with E-state index in [9.17, 15) is 13.2 Å². The molecule has 0 bridgehead atoms. The summed E-state index contributed by atoms with van der Waals surface area (Å²) >= 11 is 0. The van der Waals surface area contributed by atoms with Crippen LogP contribution < -0.4 is 15.2 Å². The highest BCUT2D eigenvalue weighted by molar-refractivity contribution is 7.87. The number of piperidine rings is 1. The Balaban J connectivity index is 1.77. The standard InChI is InChI=1S/C11H22N4O3S/c12-19(17,18)13-7-9-3-2-6-15(8-9)11(16)14-10-4-1-5-10/h9-10,13H,1-8H2,(H,14,16)(H2,12,17,18). The topological polar surface area (TPSA) is 105 Å². The maximum absolute atomic E-state index is 12.0. The van der Waals surface area contributed by atoms with E-state index < -0.39 is 10.2 Å². The van der Waals surface area contributed by atoms with Gasteiger partial charge in [0, 0.05) is 25.7 Å². The van der Waals surface area contributed by atoms with Crippen molar-refractivity contribution in [2.24, 2.45) is 11.1 Å². The second kappa shape index (κ2) is 6.06. The number of likely N-dealkylation sites (tertiary alicyclic amines) is 1. The highest BCUT2D eigenvalue weighted by Crippen LogP contribution is 2.20. The molecule has 1 aliphatic heterocycles. The molecule has 110 valence electrons. The first kappa shape index (κ1) is 14.5. The zero-order valence-corrected chi connectivity index (χ0v) is 11.8. The molecule has 0 aromatic rings. The summed E-state index contributed by atoms with van der Waals surface area (Å²) in [6, 6.07) is 0.306. The Bertz CT molecular complexity index is 422. The predicted molar refractivity (Wildman–Crippen MR) is 71.6 cm³/mol. The van der Waals surface area contributed by atoms with E-state index >= 15 is 0 Å². The molecule has 2 fully saturated rings. The third-order valence-electron chi connectivity index (χ3n) is 3.81. The van der Waals surface area contributed by atoms with Crippen LogP contribution in [0, 0.1) is 5.92 Å². The molecule has 2 rings (SSSR count). The third kappa shape index (κ3) is 4.63. The summed E-state index contributed by atoms with van der Waals surface area (Å²) in [4.78, 5) is 13.8. The minimum Gasteiger partial charge on any atom is -0.335 e. The van der Waals surface area contributed by atoms with Gasteiger partial charge in [0.05, 0.1) is 0 Å². The van der Waals surface area contributed by atoms with Gasteiger partial charge in [-0.25, -0.2) is 14.7 Å². The first-order chi connectivity index (χ1) is 8.94. The van der Waals surface area contributed by atoms with Crippen molar-refractivity contribution < 1.29 is 13.2 Å². The number of nitrogens with zero attached hydrogens (tertiary/aromatic N) is 1. The number of carbonyl (C=O) groups excluding carboxylic acids is 1. The Morgan fingerprint density at radius 2 is 2.00 bits per heavy atom. The van der Waals surface area contributed by atoms with Crippen LogP contribution in [0.2, 0.25) is 0 Å². The lowest BCUT2D eigenvalue weighted by atomic mass is 9.93. The number of hydrogen-bond acceptors (Lipinski definition) is 3. The summed E-state index contributed by atoms with van der Waals surface area (Å²) in [5.74, 6) is 0.138. The summed E-state index contributed by atoms with van der Waals surface area (Å²) in [6.07, 6.45) is 5.13. The van der Waals surface area contributed by atoms with Crippen LogP contribution >= 0.6 is 0 Å². The smallest absolute Gasteiger partial charge is 0.317 e. The lowest BCUT2D eigenvalue weighted by Gasteiger charge is -2.35. The zero-order valence-electron chi connectivity index (χ0n) is 11.0. The second-order valence-corrected chi connectivity index (χ2v) is 6.80. The van der Waals surface area contributed by atoms with Crippen molar-refractivity contribution in [1.82, 2.24) is 14.9 Å². The third-order valence-corrected chi connectivity index (χ3v) is 4.38. The van der Waals surface area contributed by atoms with Crippen molar-refractivity contribution in [2.45, 2.75) is 38.1 Å². The minimum atomic E-state index is -3.64. The fourth-order valence-electron chi connectivity index (χ4n) is 2.47. The van der Waals surface area contributed by atoms with E-state index in [4.69, 9.17) is 5.14 Å². The van der Waals surface area contributed by atoms with Crippen LogP contribution in [0.3, 0.4) is 0 Å². The van der Waals surface area contributed by atoms with Crippen molar-refractivity contribution in [3.05, 3.63) is 0 Å². The van der Waals surface area contributed by atoms with Crippen LogP contribution in [0.15, 0.2) is 0 Å². The first-order valence-electron chi connectivity index (χ1n) is 6.77. The molecule has 4 N–H and O–H groups in total. The number of nitrogens with one attached hydrogen (secondary N) is 2. The molecule has 1 atom stereocenters.